The third-order valence-corrected chi connectivity index (χ3v) is 5.70. The minimum absolute atomic E-state index is 0.0498. The predicted molar refractivity (Wildman–Crippen MR) is 100 cm³/mol. The van der Waals surface area contributed by atoms with Gasteiger partial charge >= 0.3 is 5.97 Å². The van der Waals surface area contributed by atoms with Gasteiger partial charge < -0.3 is 24.8 Å². The zero-order chi connectivity index (χ0) is 22.1. The summed E-state index contributed by atoms with van der Waals surface area (Å²) in [6.45, 7) is 2.68. The SMILES string of the molecule is C[C@@H]1CC(=O)N1[C@@H](C(=O)O)[C@](C)(/C=N/N(C)C(=O)c1ccc(O)c(O)c1)S(=O)[O-]. The lowest BCUT2D eigenvalue weighted by Crippen LogP contribution is -2.67. The summed E-state index contributed by atoms with van der Waals surface area (Å²) in [5.74, 6) is -3.75. The van der Waals surface area contributed by atoms with Gasteiger partial charge in [-0.1, -0.05) is 0 Å². The van der Waals surface area contributed by atoms with Crippen molar-refractivity contribution in [1.29, 1.82) is 0 Å². The quantitative estimate of drug-likeness (QED) is 0.178. The number of nitrogens with zero attached hydrogens (tertiary/aromatic N) is 3. The number of carbonyl (C=O) groups is 3. The molecule has 0 radical (unpaired) electrons. The van der Waals surface area contributed by atoms with Gasteiger partial charge in [0.15, 0.2) is 17.5 Å². The number of likely N-dealkylation sites (tertiary alicyclic amines) is 1. The highest BCUT2D eigenvalue weighted by molar-refractivity contribution is 7.81. The van der Waals surface area contributed by atoms with Gasteiger partial charge in [0, 0.05) is 31.3 Å². The van der Waals surface area contributed by atoms with Crippen LogP contribution in [0.25, 0.3) is 0 Å². The number of hydrogen-bond donors (Lipinski definition) is 3. The topological polar surface area (TPSA) is 171 Å². The number of carbonyl (C=O) groups excluding carboxylic acids is 2. The molecule has 1 saturated heterocycles. The zero-order valence-electron chi connectivity index (χ0n) is 15.8. The van der Waals surface area contributed by atoms with Gasteiger partial charge in [-0.15, -0.1) is 0 Å². The summed E-state index contributed by atoms with van der Waals surface area (Å²) >= 11 is -3.00. The lowest BCUT2D eigenvalue weighted by atomic mass is 9.92. The number of hydrogen-bond acceptors (Lipinski definition) is 8. The Bertz CT molecular complexity index is 905. The molecular weight excluding hydrogens is 406 g/mol. The van der Waals surface area contributed by atoms with E-state index in [4.69, 9.17) is 0 Å². The Labute approximate surface area is 168 Å². The van der Waals surface area contributed by atoms with E-state index in [0.29, 0.717) is 0 Å². The highest BCUT2D eigenvalue weighted by Gasteiger charge is 2.51. The first kappa shape index (κ1) is 22.3. The Morgan fingerprint density at radius 2 is 2.03 bits per heavy atom. The summed E-state index contributed by atoms with van der Waals surface area (Å²) in [5.41, 5.74) is -0.0498. The number of hydrazone groups is 1. The van der Waals surface area contributed by atoms with Crippen LogP contribution in [0.1, 0.15) is 30.6 Å². The number of phenols is 2. The maximum atomic E-state index is 12.4. The molecule has 1 unspecified atom stereocenters. The van der Waals surface area contributed by atoms with Crippen LogP contribution in [-0.4, -0.2) is 81.9 Å². The van der Waals surface area contributed by atoms with Gasteiger partial charge in [0.05, 0.1) is 4.75 Å². The smallest absolute Gasteiger partial charge is 0.328 e. The Balaban J connectivity index is 2.34. The van der Waals surface area contributed by atoms with E-state index in [1.807, 2.05) is 0 Å². The maximum absolute atomic E-state index is 12.4. The summed E-state index contributed by atoms with van der Waals surface area (Å²) in [6, 6.07) is 1.11. The first-order valence-corrected chi connectivity index (χ1v) is 9.46. The molecule has 1 aromatic rings. The molecule has 11 nitrogen and oxygen atoms in total. The van der Waals surface area contributed by atoms with E-state index in [1.54, 1.807) is 6.92 Å². The van der Waals surface area contributed by atoms with Gasteiger partial charge in [-0.25, -0.2) is 9.80 Å². The molecule has 0 aromatic heterocycles. The molecule has 0 bridgehead atoms. The number of benzene rings is 1. The molecule has 1 aromatic carbocycles. The first-order chi connectivity index (χ1) is 13.4. The molecule has 2 amide bonds. The van der Waals surface area contributed by atoms with E-state index in [2.05, 4.69) is 5.10 Å². The number of carboxylic acid groups (broad SMARTS) is 1. The normalized spacial score (nSPS) is 20.6. The average Bonchev–Trinajstić information content (AvgIpc) is 2.64. The summed E-state index contributed by atoms with van der Waals surface area (Å²) < 4.78 is 21.7. The van der Waals surface area contributed by atoms with E-state index in [0.717, 1.165) is 35.2 Å². The molecule has 3 N–H and O–H groups in total. The Hall–Kier alpha value is -2.99. The molecule has 1 fully saturated rings. The van der Waals surface area contributed by atoms with Gasteiger partial charge in [-0.3, -0.25) is 13.8 Å². The van der Waals surface area contributed by atoms with E-state index in [1.165, 1.54) is 13.1 Å². The Morgan fingerprint density at radius 3 is 2.48 bits per heavy atom. The van der Waals surface area contributed by atoms with Crippen molar-refractivity contribution in [3.8, 4) is 11.5 Å². The zero-order valence-corrected chi connectivity index (χ0v) is 16.6. The summed E-state index contributed by atoms with van der Waals surface area (Å²) in [5, 5.41) is 32.9. The van der Waals surface area contributed by atoms with Crippen LogP contribution < -0.4 is 0 Å². The molecule has 0 aliphatic carbocycles. The number of amides is 2. The van der Waals surface area contributed by atoms with Crippen molar-refractivity contribution in [2.75, 3.05) is 7.05 Å². The molecule has 4 atom stereocenters. The van der Waals surface area contributed by atoms with Gasteiger partial charge in [0.1, 0.15) is 0 Å². The van der Waals surface area contributed by atoms with Gasteiger partial charge in [0.25, 0.3) is 5.91 Å². The fourth-order valence-electron chi connectivity index (χ4n) is 2.93. The number of β-lactam (4-membered cyclic amide) rings is 1. The van der Waals surface area contributed by atoms with Crippen LogP contribution in [0.4, 0.5) is 0 Å². The van der Waals surface area contributed by atoms with Crippen molar-refractivity contribution in [3.05, 3.63) is 23.8 Å². The number of aliphatic carboxylic acids is 1. The van der Waals surface area contributed by atoms with E-state index < -0.39 is 57.2 Å². The molecular formula is C17H20N3O8S-. The van der Waals surface area contributed by atoms with Crippen LogP contribution in [0, 0.1) is 0 Å². The standard InChI is InChI=1S/C17H21N3O8S/c1-9-6-13(23)20(9)14(16(25)26)17(2,29(27)28)8-18-19(3)15(24)10-4-5-11(21)12(22)7-10/h4-5,7-9,14,21-22H,6H2,1-3H3,(H,25,26)(H,27,28)/p-1/b18-8+/t9-,14+,17+/m1/s1. The Morgan fingerprint density at radius 1 is 1.41 bits per heavy atom. The number of rotatable bonds is 7. The fraction of sp³-hybridized carbons (Fsp3) is 0.412. The minimum Gasteiger partial charge on any atom is -0.772 e. The molecule has 12 heteroatoms. The third-order valence-electron chi connectivity index (χ3n) is 4.65. The minimum atomic E-state index is -3.00. The summed E-state index contributed by atoms with van der Waals surface area (Å²) in [4.78, 5) is 37.0. The van der Waals surface area contributed by atoms with Crippen molar-refractivity contribution in [2.45, 2.75) is 37.1 Å². The van der Waals surface area contributed by atoms with Gasteiger partial charge in [-0.05, 0) is 43.1 Å². The molecule has 0 saturated carbocycles. The van der Waals surface area contributed by atoms with Crippen LogP contribution in [-0.2, 0) is 20.7 Å². The maximum Gasteiger partial charge on any atom is 0.328 e. The number of carboxylic acids is 1. The molecule has 1 heterocycles. The third kappa shape index (κ3) is 4.22. The van der Waals surface area contributed by atoms with Crippen molar-refractivity contribution in [1.82, 2.24) is 9.91 Å². The van der Waals surface area contributed by atoms with Crippen molar-refractivity contribution < 1.29 is 38.5 Å². The lowest BCUT2D eigenvalue weighted by Gasteiger charge is -2.48. The molecule has 158 valence electrons. The lowest BCUT2D eigenvalue weighted by molar-refractivity contribution is -0.161. The largest absolute Gasteiger partial charge is 0.772 e. The second kappa shape index (κ2) is 8.17. The van der Waals surface area contributed by atoms with Crippen LogP contribution in [0.2, 0.25) is 0 Å². The molecule has 0 spiro atoms. The van der Waals surface area contributed by atoms with Crippen molar-refractivity contribution >= 4 is 35.1 Å². The first-order valence-electron chi connectivity index (χ1n) is 8.38. The molecule has 2 rings (SSSR count). The number of phenolic OH excluding ortho intramolecular Hbond substituents is 2. The van der Waals surface area contributed by atoms with Gasteiger partial charge in [0.2, 0.25) is 5.91 Å². The second-order valence-corrected chi connectivity index (χ2v) is 8.14. The number of aromatic hydroxyl groups is 2. The molecule has 29 heavy (non-hydrogen) atoms. The Kier molecular flexibility index (Phi) is 6.28. The van der Waals surface area contributed by atoms with Gasteiger partial charge in [-0.2, -0.15) is 5.10 Å². The van der Waals surface area contributed by atoms with E-state index >= 15 is 0 Å². The average molecular weight is 426 g/mol. The van der Waals surface area contributed by atoms with E-state index in [9.17, 15) is 38.5 Å². The van der Waals surface area contributed by atoms with Crippen LogP contribution in [0.5, 0.6) is 11.5 Å². The van der Waals surface area contributed by atoms with Crippen LogP contribution >= 0.6 is 0 Å². The summed E-state index contributed by atoms with van der Waals surface area (Å²) in [6.07, 6.45) is 0.886. The summed E-state index contributed by atoms with van der Waals surface area (Å²) in [7, 11) is 1.20. The highest BCUT2D eigenvalue weighted by atomic mass is 32.2. The van der Waals surface area contributed by atoms with Crippen molar-refractivity contribution in [3.63, 3.8) is 0 Å². The predicted octanol–water partition coefficient (Wildman–Crippen LogP) is -0.133. The fourth-order valence-corrected chi connectivity index (χ4v) is 3.46. The van der Waals surface area contributed by atoms with Crippen LogP contribution in [0.15, 0.2) is 23.3 Å². The van der Waals surface area contributed by atoms with Crippen LogP contribution in [0.3, 0.4) is 0 Å². The highest BCUT2D eigenvalue weighted by Crippen LogP contribution is 2.30. The monoisotopic (exact) mass is 426 g/mol. The molecule has 1 aliphatic rings. The molecule has 1 aliphatic heterocycles. The van der Waals surface area contributed by atoms with Crippen molar-refractivity contribution in [2.24, 2.45) is 5.10 Å². The second-order valence-electron chi connectivity index (χ2n) is 6.79. The van der Waals surface area contributed by atoms with E-state index in [-0.39, 0.29) is 12.0 Å².